The zero-order chi connectivity index (χ0) is 21.3. The van der Waals surface area contributed by atoms with Gasteiger partial charge in [-0.25, -0.2) is 4.98 Å². The largest absolute Gasteiger partial charge is 0.509 e. The maximum absolute atomic E-state index is 12.7. The van der Waals surface area contributed by atoms with E-state index in [9.17, 15) is 9.90 Å². The maximum atomic E-state index is 12.7. The fraction of sp³-hybridized carbons (Fsp3) is 0.227. The summed E-state index contributed by atoms with van der Waals surface area (Å²) in [5.41, 5.74) is 6.08. The van der Waals surface area contributed by atoms with Crippen LogP contribution in [0, 0.1) is 5.41 Å². The first kappa shape index (κ1) is 19.5. The number of amides is 1. The molecule has 0 saturated heterocycles. The van der Waals surface area contributed by atoms with Crippen LogP contribution in [0.5, 0.6) is 0 Å². The number of aliphatic hydroxyl groups is 1. The Kier molecular flexibility index (Phi) is 5.14. The molecule has 4 rings (SSSR count). The Hall–Kier alpha value is -3.81. The first-order chi connectivity index (χ1) is 14.5. The van der Waals surface area contributed by atoms with Crippen LogP contribution < -0.4 is 10.3 Å². The van der Waals surface area contributed by atoms with Gasteiger partial charge < -0.3 is 15.0 Å². The monoisotopic (exact) mass is 404 g/mol. The molecule has 8 nitrogen and oxygen atoms in total. The molecular weight excluding hydrogens is 380 g/mol. The lowest BCUT2D eigenvalue weighted by molar-refractivity contribution is 0.0874. The number of nitrogens with zero attached hydrogens (tertiary/aromatic N) is 3. The van der Waals surface area contributed by atoms with Crippen molar-refractivity contribution in [3.63, 3.8) is 0 Å². The second kappa shape index (κ2) is 7.90. The number of imidazole rings is 1. The number of hydrogen-bond donors (Lipinski definition) is 4. The number of rotatable bonds is 6. The molecule has 0 atom stereocenters. The molecule has 8 heteroatoms. The number of fused-ring (bicyclic) bond motifs is 1. The number of hydrazine groups is 1. The summed E-state index contributed by atoms with van der Waals surface area (Å²) >= 11 is 0. The Balaban J connectivity index is 1.48. The average Bonchev–Trinajstić information content (AvgIpc) is 3.29. The fourth-order valence-corrected chi connectivity index (χ4v) is 3.59. The summed E-state index contributed by atoms with van der Waals surface area (Å²) < 4.78 is 0. The number of nitrogens with one attached hydrogen (secondary N) is 3. The molecule has 30 heavy (non-hydrogen) atoms. The number of benzene rings is 2. The lowest BCUT2D eigenvalue weighted by atomic mass is 10.2. The van der Waals surface area contributed by atoms with Crippen LogP contribution in [0.3, 0.4) is 0 Å². The highest BCUT2D eigenvalue weighted by Gasteiger charge is 2.31. The van der Waals surface area contributed by atoms with Gasteiger partial charge in [0.05, 0.1) is 17.6 Å². The number of aliphatic hydroxyl groups excluding tert-OH is 1. The Bertz CT molecular complexity index is 1090. The average molecular weight is 404 g/mol. The summed E-state index contributed by atoms with van der Waals surface area (Å²) in [6.07, 6.45) is 0. The van der Waals surface area contributed by atoms with Crippen molar-refractivity contribution in [3.8, 4) is 0 Å². The first-order valence-corrected chi connectivity index (χ1v) is 9.91. The summed E-state index contributed by atoms with van der Waals surface area (Å²) in [5, 5.41) is 20.2. The molecule has 0 spiro atoms. The minimum Gasteiger partial charge on any atom is -0.509 e. The van der Waals surface area contributed by atoms with Gasteiger partial charge in [-0.15, -0.1) is 0 Å². The zero-order valence-corrected chi connectivity index (χ0v) is 16.9. The number of carbonyl (C=O) groups is 1. The molecule has 4 N–H and O–H groups in total. The van der Waals surface area contributed by atoms with E-state index in [1.54, 1.807) is 12.1 Å². The van der Waals surface area contributed by atoms with Crippen LogP contribution in [0.15, 0.2) is 54.3 Å². The number of H-pyrrole nitrogens is 1. The topological polar surface area (TPSA) is 108 Å². The number of hydrogen-bond acceptors (Lipinski definition) is 5. The van der Waals surface area contributed by atoms with E-state index in [0.29, 0.717) is 11.4 Å². The van der Waals surface area contributed by atoms with Gasteiger partial charge in [-0.1, -0.05) is 12.1 Å². The molecule has 0 fully saturated rings. The van der Waals surface area contributed by atoms with Crippen molar-refractivity contribution < 1.29 is 9.90 Å². The number of amidine groups is 1. The van der Waals surface area contributed by atoms with Crippen LogP contribution >= 0.6 is 0 Å². The fourth-order valence-electron chi connectivity index (χ4n) is 3.59. The van der Waals surface area contributed by atoms with Gasteiger partial charge in [-0.3, -0.25) is 20.6 Å². The lowest BCUT2D eigenvalue weighted by Gasteiger charge is -2.22. The predicted molar refractivity (Wildman–Crippen MR) is 118 cm³/mol. The molecule has 0 bridgehead atoms. The summed E-state index contributed by atoms with van der Waals surface area (Å²) in [6, 6.07) is 14.8. The molecule has 1 amide bonds. The number of aromatic nitrogens is 2. The van der Waals surface area contributed by atoms with Crippen LogP contribution in [0.1, 0.15) is 30.0 Å². The zero-order valence-electron chi connectivity index (χ0n) is 16.9. The number of para-hydroxylation sites is 2. The van der Waals surface area contributed by atoms with Crippen molar-refractivity contribution >= 4 is 34.0 Å². The first-order valence-electron chi connectivity index (χ1n) is 9.91. The van der Waals surface area contributed by atoms with E-state index >= 15 is 0 Å². The molecule has 1 aliphatic rings. The molecule has 154 valence electrons. The van der Waals surface area contributed by atoms with Gasteiger partial charge >= 0.3 is 0 Å². The number of anilines is 1. The lowest BCUT2D eigenvalue weighted by Crippen LogP contribution is -2.43. The maximum Gasteiger partial charge on any atom is 0.269 e. The third-order valence-corrected chi connectivity index (χ3v) is 5.22. The molecule has 0 aliphatic carbocycles. The van der Waals surface area contributed by atoms with Crippen molar-refractivity contribution in [3.05, 3.63) is 65.7 Å². The van der Waals surface area contributed by atoms with E-state index in [0.717, 1.165) is 29.8 Å². The van der Waals surface area contributed by atoms with Crippen molar-refractivity contribution in [2.45, 2.75) is 13.8 Å². The molecule has 1 aliphatic heterocycles. The number of carbonyl (C=O) groups excluding carboxylic acids is 1. The van der Waals surface area contributed by atoms with Gasteiger partial charge in [-0.2, -0.15) is 0 Å². The van der Waals surface area contributed by atoms with Crippen molar-refractivity contribution in [2.24, 2.45) is 0 Å². The SMILES string of the molecule is CCN(CC)c1ccc(C(=O)NN2CC(O)=C(c3nc4ccccc4[nH]3)C2=N)cc1. The van der Waals surface area contributed by atoms with Crippen LogP contribution in [0.25, 0.3) is 16.6 Å². The Morgan fingerprint density at radius 2 is 1.90 bits per heavy atom. The quantitative estimate of drug-likeness (QED) is 0.504. The molecule has 1 aromatic heterocycles. The summed E-state index contributed by atoms with van der Waals surface area (Å²) in [5.74, 6) is 0.0273. The van der Waals surface area contributed by atoms with Crippen LogP contribution in [0.2, 0.25) is 0 Å². The van der Waals surface area contributed by atoms with Gasteiger partial charge in [0.1, 0.15) is 17.2 Å². The van der Waals surface area contributed by atoms with Crippen molar-refractivity contribution in [2.75, 3.05) is 24.5 Å². The Morgan fingerprint density at radius 1 is 1.20 bits per heavy atom. The van der Waals surface area contributed by atoms with Crippen LogP contribution in [0.4, 0.5) is 5.69 Å². The molecule has 0 radical (unpaired) electrons. The van der Waals surface area contributed by atoms with E-state index < -0.39 is 0 Å². The molecule has 2 aromatic carbocycles. The number of aromatic amines is 1. The minimum absolute atomic E-state index is 0.00842. The van der Waals surface area contributed by atoms with E-state index in [4.69, 9.17) is 5.41 Å². The van der Waals surface area contributed by atoms with Crippen LogP contribution in [-0.4, -0.2) is 51.5 Å². The summed E-state index contributed by atoms with van der Waals surface area (Å²) in [4.78, 5) is 22.4. The van der Waals surface area contributed by atoms with Crippen molar-refractivity contribution in [1.29, 1.82) is 5.41 Å². The summed E-state index contributed by atoms with van der Waals surface area (Å²) in [7, 11) is 0. The van der Waals surface area contributed by atoms with Gasteiger partial charge in [0, 0.05) is 24.3 Å². The molecular formula is C22H24N6O2. The molecule has 0 unspecified atom stereocenters. The second-order valence-electron chi connectivity index (χ2n) is 7.02. The van der Waals surface area contributed by atoms with Gasteiger partial charge in [0.25, 0.3) is 5.91 Å². The summed E-state index contributed by atoms with van der Waals surface area (Å²) in [6.45, 7) is 5.96. The van der Waals surface area contributed by atoms with E-state index in [2.05, 4.69) is 34.1 Å². The highest BCUT2D eigenvalue weighted by molar-refractivity contribution is 6.23. The Labute approximate surface area is 174 Å². The predicted octanol–water partition coefficient (Wildman–Crippen LogP) is 3.32. The Morgan fingerprint density at radius 3 is 2.57 bits per heavy atom. The molecule has 0 saturated carbocycles. The highest BCUT2D eigenvalue weighted by atomic mass is 16.3. The van der Waals surface area contributed by atoms with Gasteiger partial charge in [-0.05, 0) is 50.2 Å². The van der Waals surface area contributed by atoms with Gasteiger partial charge in [0.15, 0.2) is 5.84 Å². The molecule has 2 heterocycles. The normalized spacial score (nSPS) is 13.9. The minimum atomic E-state index is -0.343. The second-order valence-corrected chi connectivity index (χ2v) is 7.02. The standard InChI is InChI=1S/C22H24N6O2/c1-3-27(4-2)15-11-9-14(10-12-15)22(30)26-28-13-18(29)19(20(28)23)21-24-16-7-5-6-8-17(16)25-21/h5-12,23,29H,3-4,13H2,1-2H3,(H,24,25)(H,26,30). The third kappa shape index (κ3) is 3.47. The van der Waals surface area contributed by atoms with E-state index in [1.807, 2.05) is 36.4 Å². The van der Waals surface area contributed by atoms with E-state index in [1.165, 1.54) is 5.01 Å². The van der Waals surface area contributed by atoms with Gasteiger partial charge in [0.2, 0.25) is 0 Å². The van der Waals surface area contributed by atoms with Crippen LogP contribution in [-0.2, 0) is 0 Å². The molecule has 3 aromatic rings. The third-order valence-electron chi connectivity index (χ3n) is 5.22. The smallest absolute Gasteiger partial charge is 0.269 e. The highest BCUT2D eigenvalue weighted by Crippen LogP contribution is 2.26. The van der Waals surface area contributed by atoms with E-state index in [-0.39, 0.29) is 29.6 Å². The van der Waals surface area contributed by atoms with Crippen molar-refractivity contribution in [1.82, 2.24) is 20.4 Å².